The highest BCUT2D eigenvalue weighted by molar-refractivity contribution is 7.90. The number of nitrogens with zero attached hydrogens (tertiary/aromatic N) is 1. The van der Waals surface area contributed by atoms with E-state index in [9.17, 15) is 23.1 Å². The number of hydrogen-bond acceptors (Lipinski definition) is 4. The average molecular weight is 582 g/mol. The lowest BCUT2D eigenvalue weighted by Gasteiger charge is -2.52. The Balaban J connectivity index is 1.88. The number of carbonyl (C=O) groups is 2. The Bertz CT molecular complexity index is 1300. The van der Waals surface area contributed by atoms with E-state index in [0.29, 0.717) is 16.5 Å². The molecule has 0 radical (unpaired) electrons. The van der Waals surface area contributed by atoms with Gasteiger partial charge in [0.1, 0.15) is 0 Å². The first-order valence-electron chi connectivity index (χ1n) is 12.9. The molecule has 10 heteroatoms. The third-order valence-corrected chi connectivity index (χ3v) is 10.1. The number of likely N-dealkylation sites (tertiary alicyclic amines) is 1. The molecule has 2 fully saturated rings. The van der Waals surface area contributed by atoms with Crippen LogP contribution in [0.5, 0.6) is 0 Å². The van der Waals surface area contributed by atoms with Crippen molar-refractivity contribution in [3.63, 3.8) is 0 Å². The number of benzene rings is 2. The van der Waals surface area contributed by atoms with Crippen molar-refractivity contribution in [2.45, 2.75) is 69.7 Å². The van der Waals surface area contributed by atoms with E-state index in [0.717, 1.165) is 24.0 Å². The Morgan fingerprint density at radius 3 is 2.32 bits per heavy atom. The smallest absolute Gasteiger partial charge is 0.304 e. The number of carboxylic acids is 1. The number of hydrogen-bond donors (Lipinski definition) is 2. The van der Waals surface area contributed by atoms with Crippen molar-refractivity contribution >= 4 is 45.1 Å². The van der Waals surface area contributed by atoms with Gasteiger partial charge < -0.3 is 10.0 Å². The van der Waals surface area contributed by atoms with E-state index in [1.165, 1.54) is 0 Å². The number of rotatable bonds is 10. The summed E-state index contributed by atoms with van der Waals surface area (Å²) in [7, 11) is -3.58. The zero-order valence-electron chi connectivity index (χ0n) is 21.7. The molecule has 2 aromatic rings. The highest BCUT2D eigenvalue weighted by Crippen LogP contribution is 2.54. The van der Waals surface area contributed by atoms with Crippen LogP contribution in [0, 0.1) is 11.3 Å². The highest BCUT2D eigenvalue weighted by Gasteiger charge is 2.54. The van der Waals surface area contributed by atoms with Crippen LogP contribution in [-0.2, 0) is 19.6 Å². The molecule has 206 valence electrons. The summed E-state index contributed by atoms with van der Waals surface area (Å²) in [5.74, 6) is -1.51. The van der Waals surface area contributed by atoms with Crippen LogP contribution in [0.4, 0.5) is 0 Å². The largest absolute Gasteiger partial charge is 0.481 e. The van der Waals surface area contributed by atoms with Crippen LogP contribution in [0.15, 0.2) is 48.5 Å². The van der Waals surface area contributed by atoms with E-state index >= 15 is 0 Å². The predicted octanol–water partition coefficient (Wildman–Crippen LogP) is 5.64. The van der Waals surface area contributed by atoms with Crippen molar-refractivity contribution in [2.24, 2.45) is 11.3 Å². The van der Waals surface area contributed by atoms with Crippen LogP contribution in [0.1, 0.15) is 69.5 Å². The molecule has 1 aliphatic carbocycles. The topological polar surface area (TPSA) is 104 Å². The Morgan fingerprint density at radius 1 is 1.11 bits per heavy atom. The Hall–Kier alpha value is -2.13. The molecule has 2 N–H and O–H groups in total. The van der Waals surface area contributed by atoms with E-state index in [1.54, 1.807) is 43.9 Å². The van der Waals surface area contributed by atoms with Crippen molar-refractivity contribution in [3.8, 4) is 0 Å². The average Bonchev–Trinajstić information content (AvgIpc) is 3.67. The van der Waals surface area contributed by atoms with Gasteiger partial charge in [-0.2, -0.15) is 0 Å². The van der Waals surface area contributed by atoms with Gasteiger partial charge in [-0.15, -0.1) is 0 Å². The maximum atomic E-state index is 14.3. The molecule has 0 aromatic heterocycles. The van der Waals surface area contributed by atoms with Crippen LogP contribution >= 0.6 is 23.2 Å². The SMILES string of the molecule is CC(C)S(=O)(=O)NC[C@H](C1CC1)N1C(=O)[C@@](C)(CC(=O)O)C[C@H](c2cccc(Cl)c2)[C@H]1c1ccc(Cl)cc1. The minimum atomic E-state index is -3.58. The minimum Gasteiger partial charge on any atom is -0.481 e. The van der Waals surface area contributed by atoms with Crippen molar-refractivity contribution in [1.29, 1.82) is 0 Å². The van der Waals surface area contributed by atoms with Gasteiger partial charge in [-0.3, -0.25) is 9.59 Å². The van der Waals surface area contributed by atoms with Crippen molar-refractivity contribution in [2.75, 3.05) is 6.54 Å². The number of aliphatic carboxylic acids is 1. The van der Waals surface area contributed by atoms with E-state index in [2.05, 4.69) is 4.72 Å². The Morgan fingerprint density at radius 2 is 1.76 bits per heavy atom. The van der Waals surface area contributed by atoms with Gasteiger partial charge in [-0.25, -0.2) is 13.1 Å². The molecule has 0 spiro atoms. The molecule has 1 amide bonds. The first kappa shape index (κ1) is 28.9. The number of piperidine rings is 1. The third-order valence-electron chi connectivity index (χ3n) is 7.77. The molecule has 2 aliphatic rings. The lowest BCUT2D eigenvalue weighted by Crippen LogP contribution is -2.59. The molecule has 1 saturated carbocycles. The summed E-state index contributed by atoms with van der Waals surface area (Å²) in [6, 6.07) is 13.8. The summed E-state index contributed by atoms with van der Waals surface area (Å²) in [6.07, 6.45) is 1.70. The number of amides is 1. The summed E-state index contributed by atoms with van der Waals surface area (Å²) in [6.45, 7) is 4.98. The maximum Gasteiger partial charge on any atom is 0.304 e. The van der Waals surface area contributed by atoms with Gasteiger partial charge in [0, 0.05) is 28.5 Å². The van der Waals surface area contributed by atoms with Gasteiger partial charge >= 0.3 is 5.97 Å². The van der Waals surface area contributed by atoms with Crippen LogP contribution in [0.3, 0.4) is 0 Å². The molecule has 1 heterocycles. The molecule has 2 aromatic carbocycles. The molecule has 7 nitrogen and oxygen atoms in total. The number of nitrogens with one attached hydrogen (secondary N) is 1. The van der Waals surface area contributed by atoms with Gasteiger partial charge in [-0.05, 0) is 74.4 Å². The fourth-order valence-corrected chi connectivity index (χ4v) is 6.65. The van der Waals surface area contributed by atoms with Crippen LogP contribution in [-0.4, -0.2) is 48.1 Å². The predicted molar refractivity (Wildman–Crippen MR) is 149 cm³/mol. The highest BCUT2D eigenvalue weighted by atomic mass is 35.5. The monoisotopic (exact) mass is 580 g/mol. The quantitative estimate of drug-likeness (QED) is 0.378. The van der Waals surface area contributed by atoms with Crippen LogP contribution in [0.25, 0.3) is 0 Å². The molecule has 1 saturated heterocycles. The molecular weight excluding hydrogens is 547 g/mol. The number of sulfonamides is 1. The van der Waals surface area contributed by atoms with E-state index in [1.807, 2.05) is 30.3 Å². The molecule has 4 rings (SSSR count). The standard InChI is InChI=1S/C28H34Cl2N2O5S/c1-17(2)38(36,37)31-16-24(18-7-8-18)32-26(19-9-11-21(29)12-10-19)23(20-5-4-6-22(30)13-20)14-28(3,27(32)35)15-25(33)34/h4-6,9-13,17-18,23-24,26,31H,7-8,14-16H2,1-3H3,(H,33,34)/t23-,24-,26-,28-/m1/s1. The zero-order valence-corrected chi connectivity index (χ0v) is 24.1. The van der Waals surface area contributed by atoms with Gasteiger partial charge in [0.2, 0.25) is 15.9 Å². The van der Waals surface area contributed by atoms with Crippen LogP contribution < -0.4 is 4.72 Å². The summed E-state index contributed by atoms with van der Waals surface area (Å²) < 4.78 is 28.1. The summed E-state index contributed by atoms with van der Waals surface area (Å²) in [5, 5.41) is 10.3. The van der Waals surface area contributed by atoms with Crippen molar-refractivity contribution in [1.82, 2.24) is 9.62 Å². The molecule has 0 bridgehead atoms. The fourth-order valence-electron chi connectivity index (χ4n) is 5.59. The Kier molecular flexibility index (Phi) is 8.48. The number of halogens is 2. The number of carboxylic acid groups (broad SMARTS) is 1. The summed E-state index contributed by atoms with van der Waals surface area (Å²) in [5.41, 5.74) is 0.553. The molecule has 38 heavy (non-hydrogen) atoms. The van der Waals surface area contributed by atoms with Gasteiger partial charge in [0.15, 0.2) is 0 Å². The minimum absolute atomic E-state index is 0.0619. The second-order valence-corrected chi connectivity index (χ2v) is 14.2. The van der Waals surface area contributed by atoms with Gasteiger partial charge in [-0.1, -0.05) is 54.4 Å². The lowest BCUT2D eigenvalue weighted by atomic mass is 9.67. The normalized spacial score (nSPS) is 25.0. The molecular formula is C28H34Cl2N2O5S. The zero-order chi connectivity index (χ0) is 27.8. The fraction of sp³-hybridized carbons (Fsp3) is 0.500. The second kappa shape index (κ2) is 11.2. The van der Waals surface area contributed by atoms with Crippen molar-refractivity contribution in [3.05, 3.63) is 69.7 Å². The first-order chi connectivity index (χ1) is 17.8. The van der Waals surface area contributed by atoms with E-state index in [-0.39, 0.29) is 30.7 Å². The summed E-state index contributed by atoms with van der Waals surface area (Å²) >= 11 is 12.6. The first-order valence-corrected chi connectivity index (χ1v) is 15.2. The van der Waals surface area contributed by atoms with Gasteiger partial charge in [0.25, 0.3) is 0 Å². The molecule has 0 unspecified atom stereocenters. The number of carbonyl (C=O) groups excluding carboxylic acids is 1. The van der Waals surface area contributed by atoms with Gasteiger partial charge in [0.05, 0.1) is 23.1 Å². The van der Waals surface area contributed by atoms with Crippen LogP contribution in [0.2, 0.25) is 10.0 Å². The molecule has 4 atom stereocenters. The van der Waals surface area contributed by atoms with E-state index in [4.69, 9.17) is 23.2 Å². The summed E-state index contributed by atoms with van der Waals surface area (Å²) in [4.78, 5) is 28.1. The second-order valence-electron chi connectivity index (χ2n) is 11.1. The van der Waals surface area contributed by atoms with Crippen molar-refractivity contribution < 1.29 is 23.1 Å². The third kappa shape index (κ3) is 6.19. The maximum absolute atomic E-state index is 14.3. The Labute approximate surface area is 234 Å². The lowest BCUT2D eigenvalue weighted by molar-refractivity contribution is -0.161. The van der Waals surface area contributed by atoms with E-state index < -0.39 is 38.7 Å². The molecule has 1 aliphatic heterocycles.